The minimum Gasteiger partial charge on any atom is -0.468 e. The number of nitrogens with one attached hydrogen (secondary N) is 2. The number of aryl methyl sites for hydroxylation is 1. The maximum Gasteiger partial charge on any atom is 0.325 e. The Labute approximate surface area is 111 Å². The van der Waals surface area contributed by atoms with Crippen molar-refractivity contribution < 1.29 is 14.3 Å². The van der Waals surface area contributed by atoms with Crippen molar-refractivity contribution in [3.63, 3.8) is 0 Å². The molecule has 2 N–H and O–H groups in total. The highest BCUT2D eigenvalue weighted by Crippen LogP contribution is 2.03. The second kappa shape index (κ2) is 6.70. The smallest absolute Gasteiger partial charge is 0.325 e. The molecule has 0 saturated carbocycles. The highest BCUT2D eigenvalue weighted by molar-refractivity contribution is 7.80. The topological polar surface area (TPSA) is 67.4 Å². The number of hydrogen-bond donors (Lipinski definition) is 2. The Bertz CT molecular complexity index is 474. The van der Waals surface area contributed by atoms with Crippen LogP contribution in [0, 0.1) is 6.92 Å². The largest absolute Gasteiger partial charge is 0.468 e. The minimum atomic E-state index is -0.456. The van der Waals surface area contributed by atoms with Gasteiger partial charge < -0.3 is 10.1 Å². The van der Waals surface area contributed by atoms with Gasteiger partial charge in [0.25, 0.3) is 5.91 Å². The quantitative estimate of drug-likeness (QED) is 0.625. The molecule has 0 heterocycles. The summed E-state index contributed by atoms with van der Waals surface area (Å²) < 4.78 is 4.43. The highest BCUT2D eigenvalue weighted by atomic mass is 32.1. The van der Waals surface area contributed by atoms with Gasteiger partial charge >= 0.3 is 5.97 Å². The van der Waals surface area contributed by atoms with Gasteiger partial charge in [-0.05, 0) is 31.3 Å². The van der Waals surface area contributed by atoms with Gasteiger partial charge in [0.1, 0.15) is 6.54 Å². The van der Waals surface area contributed by atoms with E-state index in [-0.39, 0.29) is 17.6 Å². The minimum absolute atomic E-state index is 0.0799. The van der Waals surface area contributed by atoms with Gasteiger partial charge in [0.05, 0.1) is 7.11 Å². The molecule has 1 rings (SSSR count). The first kappa shape index (κ1) is 14.1. The van der Waals surface area contributed by atoms with E-state index in [0.717, 1.165) is 5.56 Å². The van der Waals surface area contributed by atoms with Crippen LogP contribution in [-0.2, 0) is 9.53 Å². The highest BCUT2D eigenvalue weighted by Gasteiger charge is 2.08. The zero-order valence-corrected chi connectivity index (χ0v) is 11.0. The fourth-order valence-electron chi connectivity index (χ4n) is 1.23. The van der Waals surface area contributed by atoms with Gasteiger partial charge in [0.2, 0.25) is 0 Å². The number of carbonyl (C=O) groups excluding carboxylic acids is 2. The molecule has 96 valence electrons. The summed E-state index contributed by atoms with van der Waals surface area (Å²) in [6.45, 7) is 1.81. The van der Waals surface area contributed by atoms with Gasteiger partial charge in [-0.15, -0.1) is 0 Å². The fourth-order valence-corrected chi connectivity index (χ4v) is 1.40. The lowest BCUT2D eigenvalue weighted by Gasteiger charge is -2.08. The maximum atomic E-state index is 11.8. The van der Waals surface area contributed by atoms with E-state index in [0.29, 0.717) is 5.56 Å². The molecule has 0 radical (unpaired) electrons. The van der Waals surface area contributed by atoms with Crippen LogP contribution >= 0.6 is 12.2 Å². The number of esters is 1. The average molecular weight is 266 g/mol. The number of amides is 1. The Kier molecular flexibility index (Phi) is 5.26. The van der Waals surface area contributed by atoms with Crippen LogP contribution in [0.5, 0.6) is 0 Å². The van der Waals surface area contributed by atoms with Gasteiger partial charge in [0.15, 0.2) is 5.11 Å². The lowest BCUT2D eigenvalue weighted by Crippen LogP contribution is -2.41. The molecule has 0 aliphatic heterocycles. The molecule has 6 heteroatoms. The molecule has 1 aromatic carbocycles. The fraction of sp³-hybridized carbons (Fsp3) is 0.250. The number of ether oxygens (including phenoxy) is 1. The molecule has 0 aliphatic rings. The molecule has 1 amide bonds. The van der Waals surface area contributed by atoms with Crippen LogP contribution in [0.1, 0.15) is 15.9 Å². The van der Waals surface area contributed by atoms with Gasteiger partial charge in [0, 0.05) is 5.56 Å². The number of methoxy groups -OCH3 is 1. The first-order valence-electron chi connectivity index (χ1n) is 5.25. The molecule has 0 fully saturated rings. The zero-order chi connectivity index (χ0) is 13.5. The standard InChI is InChI=1S/C12H14N2O3S/c1-8-4-3-5-9(6-8)11(16)14-12(18)13-7-10(15)17-2/h3-6H,7H2,1-2H3,(H2,13,14,16,18). The number of benzene rings is 1. The van der Waals surface area contributed by atoms with Crippen LogP contribution in [0.3, 0.4) is 0 Å². The summed E-state index contributed by atoms with van der Waals surface area (Å²) in [6, 6.07) is 7.11. The number of thiocarbonyl (C=S) groups is 1. The van der Waals surface area contributed by atoms with Crippen LogP contribution in [0.4, 0.5) is 0 Å². The number of carbonyl (C=O) groups is 2. The van der Waals surface area contributed by atoms with Crippen molar-refractivity contribution in [2.45, 2.75) is 6.92 Å². The van der Waals surface area contributed by atoms with Crippen molar-refractivity contribution >= 4 is 29.2 Å². The molecule has 0 atom stereocenters. The number of rotatable bonds is 3. The zero-order valence-electron chi connectivity index (χ0n) is 10.1. The second-order valence-corrected chi connectivity index (χ2v) is 3.99. The van der Waals surface area contributed by atoms with Gasteiger partial charge in [-0.3, -0.25) is 14.9 Å². The predicted octanol–water partition coefficient (Wildman–Crippen LogP) is 0.772. The Balaban J connectivity index is 2.50. The van der Waals surface area contributed by atoms with Crippen molar-refractivity contribution in [3.8, 4) is 0 Å². The van der Waals surface area contributed by atoms with Crippen molar-refractivity contribution in [2.24, 2.45) is 0 Å². The summed E-state index contributed by atoms with van der Waals surface area (Å²) in [5, 5.41) is 5.14. The summed E-state index contributed by atoms with van der Waals surface area (Å²) in [5.41, 5.74) is 1.49. The number of hydrogen-bond acceptors (Lipinski definition) is 4. The van der Waals surface area contributed by atoms with Gasteiger partial charge in [-0.2, -0.15) is 0 Å². The first-order valence-corrected chi connectivity index (χ1v) is 5.66. The monoisotopic (exact) mass is 266 g/mol. The normalized spacial score (nSPS) is 9.44. The Morgan fingerprint density at radius 2 is 2.11 bits per heavy atom. The summed E-state index contributed by atoms with van der Waals surface area (Å²) >= 11 is 4.88. The molecule has 0 aromatic heterocycles. The Morgan fingerprint density at radius 3 is 2.72 bits per heavy atom. The Morgan fingerprint density at radius 1 is 1.39 bits per heavy atom. The van der Waals surface area contributed by atoms with Gasteiger partial charge in [-0.1, -0.05) is 17.7 Å². The third-order valence-corrected chi connectivity index (χ3v) is 2.37. The molecule has 0 aliphatic carbocycles. The summed E-state index contributed by atoms with van der Waals surface area (Å²) in [6.07, 6.45) is 0. The van der Waals surface area contributed by atoms with Crippen LogP contribution in [0.25, 0.3) is 0 Å². The van der Waals surface area contributed by atoms with Crippen LogP contribution < -0.4 is 10.6 Å². The van der Waals surface area contributed by atoms with Crippen molar-refractivity contribution in [3.05, 3.63) is 35.4 Å². The molecule has 18 heavy (non-hydrogen) atoms. The van der Waals surface area contributed by atoms with E-state index >= 15 is 0 Å². The second-order valence-electron chi connectivity index (χ2n) is 3.58. The molecule has 5 nitrogen and oxygen atoms in total. The van der Waals surface area contributed by atoms with E-state index in [4.69, 9.17) is 12.2 Å². The van der Waals surface area contributed by atoms with Crippen molar-refractivity contribution in [2.75, 3.05) is 13.7 Å². The van der Waals surface area contributed by atoms with Gasteiger partial charge in [-0.25, -0.2) is 0 Å². The van der Waals surface area contributed by atoms with E-state index in [2.05, 4.69) is 15.4 Å². The third-order valence-electron chi connectivity index (χ3n) is 2.13. The maximum absolute atomic E-state index is 11.8. The molecular weight excluding hydrogens is 252 g/mol. The SMILES string of the molecule is COC(=O)CNC(=S)NC(=O)c1cccc(C)c1. The van der Waals surface area contributed by atoms with E-state index in [1.54, 1.807) is 18.2 Å². The van der Waals surface area contributed by atoms with Crippen LogP contribution in [-0.4, -0.2) is 30.6 Å². The lowest BCUT2D eigenvalue weighted by molar-refractivity contribution is -0.139. The van der Waals surface area contributed by atoms with Crippen LogP contribution in [0.2, 0.25) is 0 Å². The van der Waals surface area contributed by atoms with Crippen molar-refractivity contribution in [1.82, 2.24) is 10.6 Å². The third kappa shape index (κ3) is 4.50. The average Bonchev–Trinajstić information content (AvgIpc) is 2.35. The van der Waals surface area contributed by atoms with Crippen molar-refractivity contribution in [1.29, 1.82) is 0 Å². The molecule has 0 unspecified atom stereocenters. The van der Waals surface area contributed by atoms with E-state index in [9.17, 15) is 9.59 Å². The van der Waals surface area contributed by atoms with E-state index < -0.39 is 5.97 Å². The summed E-state index contributed by atoms with van der Waals surface area (Å²) in [5.74, 6) is -0.775. The molecule has 0 saturated heterocycles. The van der Waals surface area contributed by atoms with E-state index in [1.165, 1.54) is 7.11 Å². The first-order chi connectivity index (χ1) is 8.52. The van der Waals surface area contributed by atoms with Crippen LogP contribution in [0.15, 0.2) is 24.3 Å². The predicted molar refractivity (Wildman–Crippen MR) is 71.3 cm³/mol. The lowest BCUT2D eigenvalue weighted by atomic mass is 10.1. The molecule has 1 aromatic rings. The van der Waals surface area contributed by atoms with E-state index in [1.807, 2.05) is 13.0 Å². The summed E-state index contributed by atoms with van der Waals surface area (Å²) in [4.78, 5) is 22.6. The molecular formula is C12H14N2O3S. The molecule has 0 bridgehead atoms. The summed E-state index contributed by atoms with van der Waals surface area (Å²) in [7, 11) is 1.28. The molecule has 0 spiro atoms. The Hall–Kier alpha value is -1.95.